The topological polar surface area (TPSA) is 61.2 Å². The number of hydrogen-bond donors (Lipinski definition) is 0. The first-order chi connectivity index (χ1) is 14.3. The molecule has 7 heteroatoms. The molecule has 150 valence electrons. The fourth-order valence-electron chi connectivity index (χ4n) is 5.23. The molecular weight excluding hydrogens is 420 g/mol. The van der Waals surface area contributed by atoms with Gasteiger partial charge >= 0.3 is 0 Å². The summed E-state index contributed by atoms with van der Waals surface area (Å²) in [6, 6.07) is 17.9. The number of hydrogen-bond acceptors (Lipinski definition) is 4. The molecule has 4 aromatic rings. The molecule has 2 aliphatic heterocycles. The van der Waals surface area contributed by atoms with Crippen LogP contribution in [0.2, 0.25) is 5.15 Å². The maximum Gasteiger partial charge on any atom is 0.268 e. The number of aromatic nitrogens is 2. The van der Waals surface area contributed by atoms with Gasteiger partial charge in [-0.05, 0) is 38.1 Å². The maximum absolute atomic E-state index is 13.8. The number of fused-ring (bicyclic) bond motifs is 10. The third kappa shape index (κ3) is 1.92. The van der Waals surface area contributed by atoms with Crippen LogP contribution in [0.1, 0.15) is 36.2 Å². The summed E-state index contributed by atoms with van der Waals surface area (Å²) in [6.45, 7) is 3.86. The van der Waals surface area contributed by atoms with Gasteiger partial charge in [-0.2, -0.15) is 0 Å². The second-order valence-corrected chi connectivity index (χ2v) is 10.2. The number of nitrogens with zero attached hydrogens (tertiary/aromatic N) is 2. The smallest absolute Gasteiger partial charge is 0.268 e. The third-order valence-electron chi connectivity index (χ3n) is 6.35. The number of halogens is 1. The molecule has 2 aromatic carbocycles. The lowest BCUT2D eigenvalue weighted by Gasteiger charge is -2.26. The van der Waals surface area contributed by atoms with Crippen LogP contribution in [0.25, 0.3) is 10.9 Å². The highest BCUT2D eigenvalue weighted by atomic mass is 35.5. The van der Waals surface area contributed by atoms with E-state index in [9.17, 15) is 8.42 Å². The molecule has 0 N–H and O–H groups in total. The van der Waals surface area contributed by atoms with E-state index in [0.29, 0.717) is 16.4 Å². The van der Waals surface area contributed by atoms with Crippen molar-refractivity contribution in [2.75, 3.05) is 0 Å². The Morgan fingerprint density at radius 3 is 2.40 bits per heavy atom. The van der Waals surface area contributed by atoms with Crippen LogP contribution in [0.3, 0.4) is 0 Å². The highest BCUT2D eigenvalue weighted by Gasteiger charge is 2.63. The maximum atomic E-state index is 13.8. The van der Waals surface area contributed by atoms with Crippen LogP contribution in [0.15, 0.2) is 71.8 Å². The molecule has 0 saturated carbocycles. The summed E-state index contributed by atoms with van der Waals surface area (Å²) >= 11 is 6.51. The highest BCUT2D eigenvalue weighted by molar-refractivity contribution is 7.90. The predicted octanol–water partition coefficient (Wildman–Crippen LogP) is 4.80. The number of benzene rings is 2. The van der Waals surface area contributed by atoms with Crippen LogP contribution in [0.4, 0.5) is 0 Å². The van der Waals surface area contributed by atoms with Crippen molar-refractivity contribution in [2.45, 2.75) is 29.9 Å². The second-order valence-electron chi connectivity index (χ2n) is 8.02. The van der Waals surface area contributed by atoms with Gasteiger partial charge in [0.2, 0.25) is 0 Å². The Labute approximate surface area is 178 Å². The van der Waals surface area contributed by atoms with Crippen LogP contribution in [-0.2, 0) is 26.0 Å². The van der Waals surface area contributed by atoms with Crippen molar-refractivity contribution in [3.63, 3.8) is 0 Å². The minimum Gasteiger partial charge on any atom is -0.348 e. The lowest BCUT2D eigenvalue weighted by molar-refractivity contribution is -0.0529. The lowest BCUT2D eigenvalue weighted by atomic mass is 9.77. The van der Waals surface area contributed by atoms with Gasteiger partial charge in [0.15, 0.2) is 0 Å². The van der Waals surface area contributed by atoms with Crippen LogP contribution >= 0.6 is 11.6 Å². The Morgan fingerprint density at radius 1 is 0.933 bits per heavy atom. The quantitative estimate of drug-likeness (QED) is 0.423. The van der Waals surface area contributed by atoms with E-state index in [1.165, 1.54) is 3.97 Å². The summed E-state index contributed by atoms with van der Waals surface area (Å²) in [7, 11) is -3.86. The fraction of sp³-hybridized carbons (Fsp3) is 0.174. The zero-order chi connectivity index (χ0) is 20.9. The van der Waals surface area contributed by atoms with Crippen LogP contribution in [0, 0.1) is 0 Å². The number of ether oxygens (including phenoxy) is 1. The summed E-state index contributed by atoms with van der Waals surface area (Å²) < 4.78 is 35.7. The molecule has 2 aromatic heterocycles. The van der Waals surface area contributed by atoms with E-state index in [1.807, 2.05) is 44.2 Å². The molecular formula is C23H17ClN2O3S. The van der Waals surface area contributed by atoms with Gasteiger partial charge in [-0.15, -0.1) is 0 Å². The van der Waals surface area contributed by atoms with Crippen molar-refractivity contribution in [1.29, 1.82) is 0 Å². The van der Waals surface area contributed by atoms with Crippen molar-refractivity contribution in [1.82, 2.24) is 8.96 Å². The molecule has 30 heavy (non-hydrogen) atoms. The molecule has 2 aliphatic rings. The number of pyridine rings is 1. The van der Waals surface area contributed by atoms with Gasteiger partial charge in [-0.25, -0.2) is 17.4 Å². The summed E-state index contributed by atoms with van der Waals surface area (Å²) in [5.74, 6) is 0. The Morgan fingerprint density at radius 2 is 1.63 bits per heavy atom. The van der Waals surface area contributed by atoms with Crippen molar-refractivity contribution >= 4 is 32.5 Å². The van der Waals surface area contributed by atoms with E-state index in [-0.39, 0.29) is 4.90 Å². The van der Waals surface area contributed by atoms with Crippen LogP contribution < -0.4 is 0 Å². The Bertz CT molecular complexity index is 1480. The van der Waals surface area contributed by atoms with Crippen LogP contribution in [0.5, 0.6) is 0 Å². The molecule has 0 aliphatic carbocycles. The molecule has 0 radical (unpaired) electrons. The Kier molecular flexibility index (Phi) is 3.33. The summed E-state index contributed by atoms with van der Waals surface area (Å²) in [5.41, 5.74) is 1.90. The van der Waals surface area contributed by atoms with Gasteiger partial charge in [-0.1, -0.05) is 48.0 Å². The minimum atomic E-state index is -3.86. The number of para-hydroxylation sites is 1. The van der Waals surface area contributed by atoms with Crippen molar-refractivity contribution in [2.24, 2.45) is 0 Å². The first-order valence-corrected chi connectivity index (χ1v) is 11.4. The molecule has 0 spiro atoms. The summed E-state index contributed by atoms with van der Waals surface area (Å²) in [6.07, 6.45) is 1.64. The Hall–Kier alpha value is -2.67. The zero-order valence-electron chi connectivity index (χ0n) is 16.3. The van der Waals surface area contributed by atoms with E-state index in [1.54, 1.807) is 36.5 Å². The zero-order valence-corrected chi connectivity index (χ0v) is 17.8. The molecule has 2 atom stereocenters. The molecule has 2 bridgehead atoms. The molecule has 0 saturated heterocycles. The monoisotopic (exact) mass is 436 g/mol. The standard InChI is InChI=1S/C23H17ClN2O3S/c1-22-16-12-13-25-21(24)19(16)23(2,29-22)18-15-10-6-7-11-17(15)26(20(18)22)30(27,28)14-8-4-3-5-9-14/h3-13H,1-2H3/t22-,23-/m1/s1. The van der Waals surface area contributed by atoms with Gasteiger partial charge in [0.1, 0.15) is 16.4 Å². The largest absolute Gasteiger partial charge is 0.348 e. The SMILES string of the molecule is C[C@]12O[C@](C)(c3ccnc(Cl)c31)c1c2c2ccccc2n1S(=O)(=O)c1ccccc1. The highest BCUT2D eigenvalue weighted by Crippen LogP contribution is 2.64. The number of rotatable bonds is 2. The molecule has 6 rings (SSSR count). The molecule has 0 fully saturated rings. The van der Waals surface area contributed by atoms with Crippen molar-refractivity contribution in [3.05, 3.63) is 94.4 Å². The van der Waals surface area contributed by atoms with Gasteiger partial charge in [0.25, 0.3) is 10.0 Å². The van der Waals surface area contributed by atoms with Crippen molar-refractivity contribution in [3.8, 4) is 0 Å². The van der Waals surface area contributed by atoms with Gasteiger partial charge < -0.3 is 4.74 Å². The predicted molar refractivity (Wildman–Crippen MR) is 114 cm³/mol. The van der Waals surface area contributed by atoms with E-state index in [0.717, 1.165) is 22.1 Å². The van der Waals surface area contributed by atoms with Crippen LogP contribution in [-0.4, -0.2) is 17.4 Å². The summed E-state index contributed by atoms with van der Waals surface area (Å²) in [4.78, 5) is 4.50. The first kappa shape index (κ1) is 18.1. The van der Waals surface area contributed by atoms with E-state index < -0.39 is 21.2 Å². The average Bonchev–Trinajstić information content (AvgIpc) is 3.30. The van der Waals surface area contributed by atoms with Gasteiger partial charge in [0, 0.05) is 28.3 Å². The fourth-order valence-corrected chi connectivity index (χ4v) is 7.20. The summed E-state index contributed by atoms with van der Waals surface area (Å²) in [5, 5.41) is 1.22. The van der Waals surface area contributed by atoms with Crippen molar-refractivity contribution < 1.29 is 13.2 Å². The van der Waals surface area contributed by atoms with E-state index in [2.05, 4.69) is 4.98 Å². The van der Waals surface area contributed by atoms with Gasteiger partial charge in [-0.3, -0.25) is 0 Å². The minimum absolute atomic E-state index is 0.234. The van der Waals surface area contributed by atoms with Gasteiger partial charge in [0.05, 0.1) is 16.1 Å². The lowest BCUT2D eigenvalue weighted by Crippen LogP contribution is -2.28. The molecule has 0 unspecified atom stereocenters. The molecule has 0 amide bonds. The third-order valence-corrected chi connectivity index (χ3v) is 8.36. The normalized spacial score (nSPS) is 24.2. The first-order valence-electron chi connectivity index (χ1n) is 9.61. The second kappa shape index (κ2) is 5.52. The van der Waals surface area contributed by atoms with E-state index >= 15 is 0 Å². The molecule has 5 nitrogen and oxygen atoms in total. The molecule has 4 heterocycles. The van der Waals surface area contributed by atoms with E-state index in [4.69, 9.17) is 16.3 Å². The Balaban J connectivity index is 1.80. The average molecular weight is 437 g/mol.